The first-order chi connectivity index (χ1) is 16.3. The fraction of sp³-hybridized carbons (Fsp3) is 0.269. The molecule has 1 atom stereocenters. The van der Waals surface area contributed by atoms with Gasteiger partial charge in [0, 0.05) is 42.6 Å². The third-order valence-corrected chi connectivity index (χ3v) is 8.05. The van der Waals surface area contributed by atoms with Gasteiger partial charge in [-0.2, -0.15) is 0 Å². The van der Waals surface area contributed by atoms with Crippen LogP contribution in [0.15, 0.2) is 54.6 Å². The fourth-order valence-electron chi connectivity index (χ4n) is 3.16. The Morgan fingerprint density at radius 3 is 2.50 bits per heavy atom. The number of thioether (sulfide) groups is 2. The van der Waals surface area contributed by atoms with Crippen molar-refractivity contribution in [3.05, 3.63) is 76.4 Å². The van der Waals surface area contributed by atoms with Gasteiger partial charge in [-0.3, -0.25) is 4.79 Å². The lowest BCUT2D eigenvalue weighted by Gasteiger charge is -2.18. The van der Waals surface area contributed by atoms with Crippen molar-refractivity contribution in [3.63, 3.8) is 0 Å². The Morgan fingerprint density at radius 2 is 1.76 bits per heavy atom. The van der Waals surface area contributed by atoms with Crippen LogP contribution in [0.3, 0.4) is 0 Å². The van der Waals surface area contributed by atoms with E-state index >= 15 is 0 Å². The summed E-state index contributed by atoms with van der Waals surface area (Å²) >= 11 is 9.30. The molecule has 0 aliphatic heterocycles. The highest BCUT2D eigenvalue weighted by atomic mass is 35.5. The summed E-state index contributed by atoms with van der Waals surface area (Å²) in [6.07, 6.45) is 4.40. The van der Waals surface area contributed by atoms with E-state index in [9.17, 15) is 14.7 Å². The molecular weight excluding hydrogens is 488 g/mol. The Bertz CT molecular complexity index is 1180. The smallest absolute Gasteiger partial charge is 0.222 e. The van der Waals surface area contributed by atoms with Crippen LogP contribution in [0, 0.1) is 0 Å². The van der Waals surface area contributed by atoms with Crippen molar-refractivity contribution in [2.75, 3.05) is 25.6 Å². The second-order valence-corrected chi connectivity index (χ2v) is 11.0. The molecule has 3 rings (SSSR count). The van der Waals surface area contributed by atoms with Crippen molar-refractivity contribution >= 4 is 70.1 Å². The van der Waals surface area contributed by atoms with Crippen molar-refractivity contribution in [1.29, 1.82) is 0 Å². The van der Waals surface area contributed by atoms with Crippen molar-refractivity contribution < 1.29 is 14.7 Å². The third kappa shape index (κ3) is 8.08. The van der Waals surface area contributed by atoms with Gasteiger partial charge in [-0.25, -0.2) is 4.98 Å². The number of fused-ring (bicyclic) bond motifs is 1. The Morgan fingerprint density at radius 1 is 1.03 bits per heavy atom. The van der Waals surface area contributed by atoms with E-state index in [1.807, 2.05) is 60.7 Å². The maximum atomic E-state index is 11.9. The minimum absolute atomic E-state index is 0.00437. The predicted molar refractivity (Wildman–Crippen MR) is 143 cm³/mol. The molecule has 34 heavy (non-hydrogen) atoms. The minimum Gasteiger partial charge on any atom is -0.550 e. The van der Waals surface area contributed by atoms with Crippen LogP contribution in [-0.2, 0) is 9.59 Å². The predicted octanol–water partition coefficient (Wildman–Crippen LogP) is 5.14. The van der Waals surface area contributed by atoms with Crippen LogP contribution in [0.1, 0.15) is 34.2 Å². The van der Waals surface area contributed by atoms with Gasteiger partial charge in [0.05, 0.1) is 15.8 Å². The number of carbonyl (C=O) groups excluding carboxylic acids is 2. The molecule has 0 N–H and O–H groups in total. The van der Waals surface area contributed by atoms with E-state index in [1.165, 1.54) is 0 Å². The number of aliphatic carboxylic acids is 1. The second kappa shape index (κ2) is 12.8. The number of halogens is 1. The van der Waals surface area contributed by atoms with Crippen LogP contribution in [0.5, 0.6) is 0 Å². The summed E-state index contributed by atoms with van der Waals surface area (Å²) in [6, 6.07) is 17.8. The lowest BCUT2D eigenvalue weighted by Crippen LogP contribution is -2.22. The van der Waals surface area contributed by atoms with Gasteiger partial charge in [0.1, 0.15) is 0 Å². The largest absolute Gasteiger partial charge is 0.550 e. The molecule has 0 saturated carbocycles. The highest BCUT2D eigenvalue weighted by molar-refractivity contribution is 8.16. The average Bonchev–Trinajstić information content (AvgIpc) is 2.81. The molecule has 1 unspecified atom stereocenters. The first-order valence-corrected chi connectivity index (χ1v) is 13.3. The molecule has 3 aromatic rings. The van der Waals surface area contributed by atoms with Crippen molar-refractivity contribution in [2.24, 2.45) is 0 Å². The molecule has 0 bridgehead atoms. The van der Waals surface area contributed by atoms with E-state index in [2.05, 4.69) is 11.1 Å². The number of carboxylic acids is 1. The standard InChI is InChI=1S/C26H27ClN2O3S2/c1-29(2)24(30)12-14-33-26(34-15-13-25(31)32)20-5-3-4-18(16-20)6-10-22-11-8-19-7-9-21(27)17-23(19)28-22/h3-11,16-17,26H,12-15H2,1-2H3,(H,31,32)/p-1. The maximum Gasteiger partial charge on any atom is 0.222 e. The van der Waals surface area contributed by atoms with Crippen molar-refractivity contribution in [3.8, 4) is 0 Å². The molecule has 0 spiro atoms. The van der Waals surface area contributed by atoms with Gasteiger partial charge in [-0.15, -0.1) is 23.5 Å². The van der Waals surface area contributed by atoms with Gasteiger partial charge in [0.25, 0.3) is 0 Å². The van der Waals surface area contributed by atoms with Gasteiger partial charge >= 0.3 is 0 Å². The molecule has 5 nitrogen and oxygen atoms in total. The minimum atomic E-state index is -1.06. The number of amides is 1. The lowest BCUT2D eigenvalue weighted by molar-refractivity contribution is -0.305. The van der Waals surface area contributed by atoms with Crippen LogP contribution in [0.2, 0.25) is 5.02 Å². The topological polar surface area (TPSA) is 73.3 Å². The third-order valence-electron chi connectivity index (χ3n) is 4.96. The van der Waals surface area contributed by atoms with Crippen LogP contribution in [0.25, 0.3) is 23.1 Å². The maximum absolute atomic E-state index is 11.9. The fourth-order valence-corrected chi connectivity index (χ4v) is 5.97. The quantitative estimate of drug-likeness (QED) is 0.330. The van der Waals surface area contributed by atoms with E-state index in [0.29, 0.717) is 22.9 Å². The number of carbonyl (C=O) groups is 2. The molecule has 0 saturated heterocycles. The van der Waals surface area contributed by atoms with Gasteiger partial charge in [0.2, 0.25) is 5.91 Å². The number of benzene rings is 2. The zero-order valence-electron chi connectivity index (χ0n) is 19.1. The molecule has 0 fully saturated rings. The number of aromatic nitrogens is 1. The number of carboxylic acid groups (broad SMARTS) is 1. The monoisotopic (exact) mass is 513 g/mol. The summed E-state index contributed by atoms with van der Waals surface area (Å²) < 4.78 is 0.0172. The zero-order chi connectivity index (χ0) is 24.5. The highest BCUT2D eigenvalue weighted by Gasteiger charge is 2.14. The Hall–Kier alpha value is -2.48. The average molecular weight is 514 g/mol. The Kier molecular flexibility index (Phi) is 9.86. The summed E-state index contributed by atoms with van der Waals surface area (Å²) in [4.78, 5) is 29.0. The molecule has 0 aliphatic rings. The molecule has 178 valence electrons. The van der Waals surface area contributed by atoms with E-state index in [0.717, 1.165) is 27.7 Å². The lowest BCUT2D eigenvalue weighted by atomic mass is 10.1. The molecule has 1 heterocycles. The van der Waals surface area contributed by atoms with E-state index in [-0.39, 0.29) is 16.9 Å². The SMILES string of the molecule is CN(C)C(=O)CCSC(SCCC(=O)[O-])c1cccc(C=Cc2ccc3ccc(Cl)cc3n2)c1. The molecule has 1 amide bonds. The Labute approximate surface area is 213 Å². The van der Waals surface area contributed by atoms with Crippen LogP contribution in [-0.4, -0.2) is 47.4 Å². The summed E-state index contributed by atoms with van der Waals surface area (Å²) in [6.45, 7) is 0. The molecule has 0 aliphatic carbocycles. The van der Waals surface area contributed by atoms with E-state index in [1.54, 1.807) is 42.5 Å². The van der Waals surface area contributed by atoms with E-state index in [4.69, 9.17) is 11.6 Å². The molecule has 1 aromatic heterocycles. The van der Waals surface area contributed by atoms with Crippen LogP contribution >= 0.6 is 35.1 Å². The summed E-state index contributed by atoms with van der Waals surface area (Å²) in [5.41, 5.74) is 3.76. The second-order valence-electron chi connectivity index (χ2n) is 7.81. The van der Waals surface area contributed by atoms with Crippen LogP contribution < -0.4 is 5.11 Å². The number of nitrogens with zero attached hydrogens (tertiary/aromatic N) is 2. The van der Waals surface area contributed by atoms with Gasteiger partial charge in [-0.1, -0.05) is 48.0 Å². The molecule has 8 heteroatoms. The normalized spacial score (nSPS) is 12.2. The van der Waals surface area contributed by atoms with Gasteiger partial charge in [-0.05, 0) is 53.6 Å². The number of hydrogen-bond acceptors (Lipinski definition) is 6. The number of rotatable bonds is 11. The van der Waals surface area contributed by atoms with E-state index < -0.39 is 5.97 Å². The van der Waals surface area contributed by atoms with Crippen molar-refractivity contribution in [1.82, 2.24) is 9.88 Å². The zero-order valence-corrected chi connectivity index (χ0v) is 21.5. The number of hydrogen-bond donors (Lipinski definition) is 0. The molecule has 0 radical (unpaired) electrons. The molecular formula is C26H26ClN2O3S2-. The first-order valence-electron chi connectivity index (χ1n) is 10.8. The first kappa shape index (κ1) is 26.1. The van der Waals surface area contributed by atoms with Crippen molar-refractivity contribution in [2.45, 2.75) is 17.4 Å². The number of pyridine rings is 1. The Balaban J connectivity index is 1.74. The summed E-state index contributed by atoms with van der Waals surface area (Å²) in [5, 5.41) is 12.6. The molecule has 2 aromatic carbocycles. The van der Waals surface area contributed by atoms with Gasteiger partial charge in [0.15, 0.2) is 0 Å². The summed E-state index contributed by atoms with van der Waals surface area (Å²) in [5.74, 6) is 0.126. The summed E-state index contributed by atoms with van der Waals surface area (Å²) in [7, 11) is 3.49. The van der Waals surface area contributed by atoms with Gasteiger partial charge < -0.3 is 14.8 Å². The highest BCUT2D eigenvalue weighted by Crippen LogP contribution is 2.40. The van der Waals surface area contributed by atoms with Crippen LogP contribution in [0.4, 0.5) is 0 Å².